The summed E-state index contributed by atoms with van der Waals surface area (Å²) >= 11 is 5.83. The standard InChI is InChI=1S/C55H92O2S/c1-4-7-10-12-14-16-18-20-22-24-26-28-30-32-34-36-45-56-53-47-51(41-44-55(58)52-42-39-50(40-43-52)38-9-6-3)48-54(49-53)57-46-37-35-33-31-29-27-25-23-21-19-17-15-13-11-8-5-2/h39-44,47-49H,4-38,45-46H2,1-3H3. The van der Waals surface area contributed by atoms with Crippen molar-refractivity contribution in [2.24, 2.45) is 0 Å². The molecule has 0 aliphatic rings. The number of thiocarbonyl (C=S) groups is 1. The number of rotatable bonds is 42. The zero-order valence-electron chi connectivity index (χ0n) is 38.6. The van der Waals surface area contributed by atoms with E-state index in [1.54, 1.807) is 0 Å². The molecular weight excluding hydrogens is 725 g/mol. The van der Waals surface area contributed by atoms with Crippen LogP contribution in [0.15, 0.2) is 48.5 Å². The van der Waals surface area contributed by atoms with Gasteiger partial charge in [0.1, 0.15) is 11.5 Å². The molecular formula is C55H92O2S. The van der Waals surface area contributed by atoms with Crippen LogP contribution in [0.5, 0.6) is 11.5 Å². The van der Waals surface area contributed by atoms with Crippen LogP contribution in [0.1, 0.15) is 256 Å². The van der Waals surface area contributed by atoms with E-state index < -0.39 is 0 Å². The number of ether oxygens (including phenoxy) is 2. The molecule has 0 spiro atoms. The van der Waals surface area contributed by atoms with Crippen LogP contribution in [-0.4, -0.2) is 18.1 Å². The number of benzene rings is 2. The fourth-order valence-electron chi connectivity index (χ4n) is 8.02. The van der Waals surface area contributed by atoms with Gasteiger partial charge in [-0.25, -0.2) is 0 Å². The van der Waals surface area contributed by atoms with E-state index in [0.717, 1.165) is 60.0 Å². The Labute approximate surface area is 366 Å². The minimum absolute atomic E-state index is 0.757. The molecule has 2 aromatic carbocycles. The van der Waals surface area contributed by atoms with Gasteiger partial charge in [0.15, 0.2) is 0 Å². The molecule has 0 radical (unpaired) electrons. The van der Waals surface area contributed by atoms with E-state index in [9.17, 15) is 0 Å². The molecule has 0 saturated heterocycles. The van der Waals surface area contributed by atoms with E-state index >= 15 is 0 Å². The average Bonchev–Trinajstić information content (AvgIpc) is 3.24. The van der Waals surface area contributed by atoms with Gasteiger partial charge in [0.05, 0.1) is 13.2 Å². The van der Waals surface area contributed by atoms with Crippen molar-refractivity contribution < 1.29 is 9.47 Å². The molecule has 0 bridgehead atoms. The Hall–Kier alpha value is -2.13. The zero-order chi connectivity index (χ0) is 41.4. The molecule has 0 aliphatic carbocycles. The van der Waals surface area contributed by atoms with Crippen molar-refractivity contribution in [1.29, 1.82) is 0 Å². The monoisotopic (exact) mass is 817 g/mol. The van der Waals surface area contributed by atoms with Crippen LogP contribution in [0.25, 0.3) is 6.08 Å². The number of hydrogen-bond acceptors (Lipinski definition) is 3. The Bertz CT molecular complexity index is 1180. The largest absolute Gasteiger partial charge is 0.493 e. The second-order valence-corrected chi connectivity index (χ2v) is 18.0. The van der Waals surface area contributed by atoms with Crippen molar-refractivity contribution in [3.8, 4) is 11.5 Å². The van der Waals surface area contributed by atoms with Gasteiger partial charge >= 0.3 is 0 Å². The molecule has 330 valence electrons. The van der Waals surface area contributed by atoms with Crippen molar-refractivity contribution >= 4 is 23.2 Å². The lowest BCUT2D eigenvalue weighted by molar-refractivity contribution is 0.289. The van der Waals surface area contributed by atoms with Gasteiger partial charge in [0.2, 0.25) is 0 Å². The van der Waals surface area contributed by atoms with Crippen LogP contribution in [0, 0.1) is 0 Å². The molecule has 2 nitrogen and oxygen atoms in total. The van der Waals surface area contributed by atoms with Crippen LogP contribution < -0.4 is 9.47 Å². The zero-order valence-corrected chi connectivity index (χ0v) is 39.4. The van der Waals surface area contributed by atoms with Crippen molar-refractivity contribution in [1.82, 2.24) is 0 Å². The van der Waals surface area contributed by atoms with Gasteiger partial charge in [0.25, 0.3) is 0 Å². The molecule has 0 fully saturated rings. The lowest BCUT2D eigenvalue weighted by atomic mass is 10.0. The Morgan fingerprint density at radius 3 is 1.09 bits per heavy atom. The smallest absolute Gasteiger partial charge is 0.123 e. The van der Waals surface area contributed by atoms with Gasteiger partial charge < -0.3 is 9.47 Å². The molecule has 58 heavy (non-hydrogen) atoms. The topological polar surface area (TPSA) is 18.5 Å². The van der Waals surface area contributed by atoms with Crippen LogP contribution in [0.3, 0.4) is 0 Å². The van der Waals surface area contributed by atoms with Crippen molar-refractivity contribution in [3.05, 3.63) is 65.2 Å². The molecule has 3 heteroatoms. The van der Waals surface area contributed by atoms with E-state index in [4.69, 9.17) is 21.7 Å². The predicted molar refractivity (Wildman–Crippen MR) is 262 cm³/mol. The summed E-state index contributed by atoms with van der Waals surface area (Å²) in [5.41, 5.74) is 3.56. The highest BCUT2D eigenvalue weighted by atomic mass is 32.1. The predicted octanol–water partition coefficient (Wildman–Crippen LogP) is 18.7. The van der Waals surface area contributed by atoms with Gasteiger partial charge in [-0.1, -0.05) is 262 Å². The summed E-state index contributed by atoms with van der Waals surface area (Å²) in [4.78, 5) is 0.858. The number of unbranched alkanes of at least 4 members (excludes halogenated alkanes) is 31. The van der Waals surface area contributed by atoms with Crippen LogP contribution in [0.2, 0.25) is 0 Å². The average molecular weight is 817 g/mol. The second kappa shape index (κ2) is 39.0. The molecule has 2 aromatic rings. The maximum Gasteiger partial charge on any atom is 0.123 e. The van der Waals surface area contributed by atoms with Gasteiger partial charge in [-0.3, -0.25) is 0 Å². The summed E-state index contributed by atoms with van der Waals surface area (Å²) in [5.74, 6) is 1.80. The first-order valence-corrected chi connectivity index (χ1v) is 25.8. The quantitative estimate of drug-likeness (QED) is 0.0288. The van der Waals surface area contributed by atoms with Crippen LogP contribution >= 0.6 is 12.2 Å². The van der Waals surface area contributed by atoms with E-state index in [1.165, 1.54) is 211 Å². The molecule has 0 atom stereocenters. The van der Waals surface area contributed by atoms with Crippen LogP contribution in [0.4, 0.5) is 0 Å². The first-order valence-electron chi connectivity index (χ1n) is 25.4. The van der Waals surface area contributed by atoms with Gasteiger partial charge in [-0.15, -0.1) is 0 Å². The number of allylic oxidation sites excluding steroid dienone is 1. The molecule has 0 amide bonds. The van der Waals surface area contributed by atoms with Gasteiger partial charge in [0, 0.05) is 10.9 Å². The molecule has 0 heterocycles. The molecule has 0 unspecified atom stereocenters. The Morgan fingerprint density at radius 1 is 0.414 bits per heavy atom. The van der Waals surface area contributed by atoms with E-state index in [1.807, 2.05) is 0 Å². The Kier molecular flexibility index (Phi) is 35.0. The minimum atomic E-state index is 0.757. The summed E-state index contributed by atoms with van der Waals surface area (Å²) in [6.45, 7) is 8.36. The molecule has 0 aromatic heterocycles. The summed E-state index contributed by atoms with van der Waals surface area (Å²) in [7, 11) is 0. The molecule has 0 saturated carbocycles. The minimum Gasteiger partial charge on any atom is -0.493 e. The lowest BCUT2D eigenvalue weighted by Gasteiger charge is -2.12. The highest BCUT2D eigenvalue weighted by molar-refractivity contribution is 7.81. The third kappa shape index (κ3) is 30.0. The fraction of sp³-hybridized carbons (Fsp3) is 0.727. The number of hydrogen-bond donors (Lipinski definition) is 0. The maximum absolute atomic E-state index is 6.33. The Balaban J connectivity index is 1.69. The first kappa shape index (κ1) is 52.0. The summed E-state index contributed by atoms with van der Waals surface area (Å²) < 4.78 is 12.7. The molecule has 2 rings (SSSR count). The van der Waals surface area contributed by atoms with Crippen LogP contribution in [-0.2, 0) is 6.42 Å². The van der Waals surface area contributed by atoms with Gasteiger partial charge in [-0.05, 0) is 60.6 Å². The lowest BCUT2D eigenvalue weighted by Crippen LogP contribution is -2.01. The van der Waals surface area contributed by atoms with E-state index in [2.05, 4.69) is 75.4 Å². The normalized spacial score (nSPS) is 11.5. The van der Waals surface area contributed by atoms with Gasteiger partial charge in [-0.2, -0.15) is 0 Å². The second-order valence-electron chi connectivity index (χ2n) is 17.5. The first-order chi connectivity index (χ1) is 28.7. The SMILES string of the molecule is CCCCCCCCCCCCCCCCCCOc1cc(C=CC(=S)c2ccc(CCCC)cc2)cc(OCCCCCCCCCCCCCCCCCC)c1. The van der Waals surface area contributed by atoms with Crippen molar-refractivity contribution in [2.75, 3.05) is 13.2 Å². The van der Waals surface area contributed by atoms with E-state index in [0.29, 0.717) is 0 Å². The maximum atomic E-state index is 6.33. The summed E-state index contributed by atoms with van der Waals surface area (Å²) in [6, 6.07) is 15.2. The summed E-state index contributed by atoms with van der Waals surface area (Å²) in [5, 5.41) is 0. The number of aryl methyl sites for hydroxylation is 1. The highest BCUT2D eigenvalue weighted by Crippen LogP contribution is 2.26. The van der Waals surface area contributed by atoms with Crippen molar-refractivity contribution in [3.63, 3.8) is 0 Å². The fourth-order valence-corrected chi connectivity index (χ4v) is 8.23. The van der Waals surface area contributed by atoms with E-state index in [-0.39, 0.29) is 0 Å². The third-order valence-electron chi connectivity index (χ3n) is 11.9. The van der Waals surface area contributed by atoms with Crippen molar-refractivity contribution in [2.45, 2.75) is 245 Å². The highest BCUT2D eigenvalue weighted by Gasteiger charge is 2.05. The molecule has 0 N–H and O–H groups in total. The molecule has 0 aliphatic heterocycles. The third-order valence-corrected chi connectivity index (χ3v) is 12.3. The summed E-state index contributed by atoms with van der Waals surface area (Å²) in [6.07, 6.45) is 51.9. The Morgan fingerprint density at radius 2 is 0.741 bits per heavy atom.